The van der Waals surface area contributed by atoms with Crippen LogP contribution in [0, 0.1) is 0 Å². The molecule has 0 atom stereocenters. The van der Waals surface area contributed by atoms with Crippen LogP contribution in [-0.2, 0) is 5.54 Å². The third kappa shape index (κ3) is 2.93. The van der Waals surface area contributed by atoms with E-state index in [9.17, 15) is 0 Å². The molecule has 0 spiro atoms. The summed E-state index contributed by atoms with van der Waals surface area (Å²) in [4.78, 5) is 2.37. The zero-order valence-electron chi connectivity index (χ0n) is 15.8. The predicted octanol–water partition coefficient (Wildman–Crippen LogP) is 6.60. The number of rotatable bonds is 4. The lowest BCUT2D eigenvalue weighted by Crippen LogP contribution is -2.48. The van der Waals surface area contributed by atoms with E-state index < -0.39 is 5.54 Å². The van der Waals surface area contributed by atoms with Crippen LogP contribution in [0.15, 0.2) is 114 Å². The highest BCUT2D eigenvalue weighted by Gasteiger charge is 2.45. The van der Waals surface area contributed by atoms with Gasteiger partial charge in [0.25, 0.3) is 0 Å². The molecule has 1 aliphatic rings. The van der Waals surface area contributed by atoms with Crippen LogP contribution in [0.4, 0.5) is 5.69 Å². The van der Waals surface area contributed by atoms with Gasteiger partial charge in [-0.25, -0.2) is 0 Å². The molecule has 4 aromatic rings. The molecular weight excluding hydrogens is 422 g/mol. The fourth-order valence-electron chi connectivity index (χ4n) is 4.31. The van der Waals surface area contributed by atoms with Gasteiger partial charge in [0, 0.05) is 4.47 Å². The van der Waals surface area contributed by atoms with Gasteiger partial charge < -0.3 is 9.64 Å². The zero-order valence-corrected chi connectivity index (χ0v) is 17.4. The molecule has 0 unspecified atom stereocenters. The summed E-state index contributed by atoms with van der Waals surface area (Å²) in [5, 5.41) is 0. The largest absolute Gasteiger partial charge is 0.471 e. The Morgan fingerprint density at radius 3 is 1.62 bits per heavy atom. The molecule has 1 heterocycles. The molecule has 0 saturated carbocycles. The standard InChI is InChI=1S/C26H20BrNO/c27-23-16-17-24-25(18-23)29-19-28(24)26(20-10-4-1-5-11-20,21-12-6-2-7-13-21)22-14-8-3-9-15-22/h1-18H,19H2. The first kappa shape index (κ1) is 18.0. The number of hydrogen-bond acceptors (Lipinski definition) is 2. The number of halogens is 1. The van der Waals surface area contributed by atoms with Crippen molar-refractivity contribution in [3.8, 4) is 5.75 Å². The highest BCUT2D eigenvalue weighted by Crippen LogP contribution is 2.49. The van der Waals surface area contributed by atoms with Crippen LogP contribution >= 0.6 is 15.9 Å². The van der Waals surface area contributed by atoms with E-state index in [0.717, 1.165) is 15.9 Å². The molecule has 0 radical (unpaired) electrons. The third-order valence-corrected chi connectivity index (χ3v) is 6.03. The molecule has 4 aromatic carbocycles. The Morgan fingerprint density at radius 1 is 0.655 bits per heavy atom. The number of nitrogens with zero attached hydrogens (tertiary/aromatic N) is 1. The number of hydrogen-bond donors (Lipinski definition) is 0. The van der Waals surface area contributed by atoms with Crippen molar-refractivity contribution in [2.75, 3.05) is 11.6 Å². The van der Waals surface area contributed by atoms with E-state index in [4.69, 9.17) is 4.74 Å². The molecule has 3 heteroatoms. The summed E-state index contributed by atoms with van der Waals surface area (Å²) in [6.45, 7) is 0.477. The Bertz CT molecular complexity index is 1020. The quantitative estimate of drug-likeness (QED) is 0.330. The average Bonchev–Trinajstić information content (AvgIpc) is 3.20. The van der Waals surface area contributed by atoms with Gasteiger partial charge in [0.05, 0.1) is 5.69 Å². The normalized spacial score (nSPS) is 13.1. The lowest BCUT2D eigenvalue weighted by atomic mass is 9.75. The average molecular weight is 442 g/mol. The summed E-state index contributed by atoms with van der Waals surface area (Å²) in [6.07, 6.45) is 0. The smallest absolute Gasteiger partial charge is 0.162 e. The molecular formula is C26H20BrNO. The predicted molar refractivity (Wildman–Crippen MR) is 121 cm³/mol. The van der Waals surface area contributed by atoms with Gasteiger partial charge in [-0.2, -0.15) is 0 Å². The van der Waals surface area contributed by atoms with Crippen molar-refractivity contribution in [2.45, 2.75) is 5.54 Å². The van der Waals surface area contributed by atoms with E-state index >= 15 is 0 Å². The van der Waals surface area contributed by atoms with E-state index in [1.807, 2.05) is 6.07 Å². The monoisotopic (exact) mass is 441 g/mol. The number of anilines is 1. The maximum absolute atomic E-state index is 6.16. The zero-order chi connectivity index (χ0) is 19.7. The highest BCUT2D eigenvalue weighted by molar-refractivity contribution is 9.10. The Labute approximate surface area is 179 Å². The lowest BCUT2D eigenvalue weighted by molar-refractivity contribution is 0.324. The second kappa shape index (κ2) is 7.41. The topological polar surface area (TPSA) is 12.5 Å². The molecule has 0 fully saturated rings. The molecule has 29 heavy (non-hydrogen) atoms. The Morgan fingerprint density at radius 2 is 1.14 bits per heavy atom. The SMILES string of the molecule is Brc1ccc2c(c1)OCN2C(c1ccccc1)(c1ccccc1)c1ccccc1. The fraction of sp³-hybridized carbons (Fsp3) is 0.0769. The van der Waals surface area contributed by atoms with E-state index in [1.54, 1.807) is 0 Å². The van der Waals surface area contributed by atoms with E-state index in [2.05, 4.69) is 124 Å². The number of benzene rings is 4. The van der Waals surface area contributed by atoms with Gasteiger partial charge >= 0.3 is 0 Å². The molecule has 0 aliphatic carbocycles. The van der Waals surface area contributed by atoms with Gasteiger partial charge in [-0.05, 0) is 34.9 Å². The Hall–Kier alpha value is -3.04. The molecule has 1 aliphatic heterocycles. The van der Waals surface area contributed by atoms with Crippen LogP contribution in [0.5, 0.6) is 5.75 Å². The molecule has 0 saturated heterocycles. The van der Waals surface area contributed by atoms with Crippen molar-refractivity contribution in [3.05, 3.63) is 130 Å². The minimum absolute atomic E-state index is 0.477. The minimum Gasteiger partial charge on any atom is -0.471 e. The highest BCUT2D eigenvalue weighted by atomic mass is 79.9. The van der Waals surface area contributed by atoms with Gasteiger partial charge in [0.2, 0.25) is 0 Å². The van der Waals surface area contributed by atoms with Crippen LogP contribution in [0.3, 0.4) is 0 Å². The summed E-state index contributed by atoms with van der Waals surface area (Å²) >= 11 is 3.57. The van der Waals surface area contributed by atoms with E-state index in [1.165, 1.54) is 16.7 Å². The fourth-order valence-corrected chi connectivity index (χ4v) is 4.65. The van der Waals surface area contributed by atoms with Gasteiger partial charge in [-0.15, -0.1) is 0 Å². The van der Waals surface area contributed by atoms with Crippen molar-refractivity contribution in [1.29, 1.82) is 0 Å². The van der Waals surface area contributed by atoms with Gasteiger partial charge in [0.15, 0.2) is 6.73 Å². The molecule has 0 N–H and O–H groups in total. The summed E-state index contributed by atoms with van der Waals surface area (Å²) < 4.78 is 7.17. The number of ether oxygens (including phenoxy) is 1. The van der Waals surface area contributed by atoms with Crippen LogP contribution in [-0.4, -0.2) is 6.73 Å². The number of fused-ring (bicyclic) bond motifs is 1. The first-order valence-electron chi connectivity index (χ1n) is 9.67. The molecule has 0 amide bonds. The minimum atomic E-state index is -0.511. The maximum atomic E-state index is 6.16. The maximum Gasteiger partial charge on any atom is 0.162 e. The lowest BCUT2D eigenvalue weighted by Gasteiger charge is -2.44. The Kier molecular flexibility index (Phi) is 4.61. The van der Waals surface area contributed by atoms with Gasteiger partial charge in [-0.1, -0.05) is 107 Å². The summed E-state index contributed by atoms with van der Waals surface area (Å²) in [5.41, 5.74) is 4.19. The Balaban J connectivity index is 1.85. The second-order valence-electron chi connectivity index (χ2n) is 7.12. The molecule has 142 valence electrons. The molecule has 0 bridgehead atoms. The van der Waals surface area contributed by atoms with Crippen molar-refractivity contribution in [3.63, 3.8) is 0 Å². The first-order valence-corrected chi connectivity index (χ1v) is 10.5. The summed E-state index contributed by atoms with van der Waals surface area (Å²) in [5.74, 6) is 0.895. The van der Waals surface area contributed by atoms with Crippen molar-refractivity contribution in [1.82, 2.24) is 0 Å². The molecule has 5 rings (SSSR count). The van der Waals surface area contributed by atoms with Crippen LogP contribution in [0.25, 0.3) is 0 Å². The molecule has 0 aromatic heterocycles. The van der Waals surface area contributed by atoms with Crippen molar-refractivity contribution < 1.29 is 4.74 Å². The summed E-state index contributed by atoms with van der Waals surface area (Å²) in [6, 6.07) is 38.3. The van der Waals surface area contributed by atoms with Crippen LogP contribution < -0.4 is 9.64 Å². The molecule has 2 nitrogen and oxygen atoms in total. The van der Waals surface area contributed by atoms with Crippen molar-refractivity contribution in [2.24, 2.45) is 0 Å². The second-order valence-corrected chi connectivity index (χ2v) is 8.04. The van der Waals surface area contributed by atoms with Crippen LogP contribution in [0.1, 0.15) is 16.7 Å². The first-order chi connectivity index (χ1) is 14.3. The summed E-state index contributed by atoms with van der Waals surface area (Å²) in [7, 11) is 0. The van der Waals surface area contributed by atoms with E-state index in [-0.39, 0.29) is 0 Å². The van der Waals surface area contributed by atoms with Gasteiger partial charge in [-0.3, -0.25) is 0 Å². The van der Waals surface area contributed by atoms with Crippen LogP contribution in [0.2, 0.25) is 0 Å². The van der Waals surface area contributed by atoms with Crippen molar-refractivity contribution >= 4 is 21.6 Å². The third-order valence-electron chi connectivity index (χ3n) is 5.54. The van der Waals surface area contributed by atoms with E-state index in [0.29, 0.717) is 6.73 Å². The van der Waals surface area contributed by atoms with Gasteiger partial charge in [0.1, 0.15) is 11.3 Å².